The molecule has 0 aromatic heterocycles. The first-order valence-electron chi connectivity index (χ1n) is 10.7. The van der Waals surface area contributed by atoms with Crippen LogP contribution in [0, 0.1) is 29.0 Å². The van der Waals surface area contributed by atoms with Crippen molar-refractivity contribution in [1.29, 1.82) is 5.26 Å². The van der Waals surface area contributed by atoms with Crippen LogP contribution in [0.25, 0.3) is 0 Å². The van der Waals surface area contributed by atoms with Gasteiger partial charge in [0.15, 0.2) is 0 Å². The molecule has 1 aliphatic rings. The SMILES string of the molecule is CCCCC1CCC(COc2ccc(C(=O)Oc3ccc(C#N)c(F)c3)cc2)CC1. The number of hydrogen-bond acceptors (Lipinski definition) is 4. The molecule has 5 heteroatoms. The summed E-state index contributed by atoms with van der Waals surface area (Å²) in [6.07, 6.45) is 9.01. The first kappa shape index (κ1) is 21.8. The molecule has 0 heterocycles. The number of rotatable bonds is 8. The van der Waals surface area contributed by atoms with E-state index in [0.717, 1.165) is 17.7 Å². The van der Waals surface area contributed by atoms with Gasteiger partial charge in [0, 0.05) is 6.07 Å². The Balaban J connectivity index is 1.46. The van der Waals surface area contributed by atoms with E-state index in [0.29, 0.717) is 18.1 Å². The number of ether oxygens (including phenoxy) is 2. The fourth-order valence-corrected chi connectivity index (χ4v) is 3.90. The second kappa shape index (κ2) is 10.8. The lowest BCUT2D eigenvalue weighted by molar-refractivity contribution is 0.0734. The lowest BCUT2D eigenvalue weighted by atomic mass is 9.80. The van der Waals surface area contributed by atoms with Crippen LogP contribution in [0.2, 0.25) is 0 Å². The van der Waals surface area contributed by atoms with Crippen LogP contribution >= 0.6 is 0 Å². The van der Waals surface area contributed by atoms with E-state index in [1.807, 2.05) is 0 Å². The molecule has 0 spiro atoms. The van der Waals surface area contributed by atoms with Gasteiger partial charge in [-0.05, 0) is 61.1 Å². The summed E-state index contributed by atoms with van der Waals surface area (Å²) in [5.41, 5.74) is 0.259. The number of carbonyl (C=O) groups is 1. The summed E-state index contributed by atoms with van der Waals surface area (Å²) >= 11 is 0. The molecule has 0 N–H and O–H groups in total. The molecular weight excluding hydrogens is 381 g/mol. The molecule has 1 fully saturated rings. The third kappa shape index (κ3) is 6.06. The lowest BCUT2D eigenvalue weighted by Gasteiger charge is -2.28. The predicted octanol–water partition coefficient (Wildman–Crippen LogP) is 6.29. The van der Waals surface area contributed by atoms with Crippen LogP contribution in [0.3, 0.4) is 0 Å². The Labute approximate surface area is 177 Å². The summed E-state index contributed by atoms with van der Waals surface area (Å²) in [5, 5.41) is 8.76. The van der Waals surface area contributed by atoms with Gasteiger partial charge in [-0.15, -0.1) is 0 Å². The molecule has 0 amide bonds. The van der Waals surface area contributed by atoms with Crippen LogP contribution in [0.5, 0.6) is 11.5 Å². The van der Waals surface area contributed by atoms with Gasteiger partial charge in [0.2, 0.25) is 0 Å². The molecule has 0 radical (unpaired) electrons. The Morgan fingerprint density at radius 1 is 1.07 bits per heavy atom. The molecule has 158 valence electrons. The molecule has 30 heavy (non-hydrogen) atoms. The molecule has 0 bridgehead atoms. The van der Waals surface area contributed by atoms with E-state index >= 15 is 0 Å². The first-order valence-corrected chi connectivity index (χ1v) is 10.7. The van der Waals surface area contributed by atoms with Gasteiger partial charge in [-0.3, -0.25) is 0 Å². The monoisotopic (exact) mass is 409 g/mol. The second-order valence-electron chi connectivity index (χ2n) is 8.01. The maximum atomic E-state index is 13.6. The summed E-state index contributed by atoms with van der Waals surface area (Å²) < 4.78 is 24.7. The van der Waals surface area contributed by atoms with Crippen molar-refractivity contribution in [2.75, 3.05) is 6.61 Å². The average molecular weight is 410 g/mol. The van der Waals surface area contributed by atoms with Gasteiger partial charge in [0.05, 0.1) is 17.7 Å². The Kier molecular flexibility index (Phi) is 7.84. The smallest absolute Gasteiger partial charge is 0.343 e. The van der Waals surface area contributed by atoms with Crippen molar-refractivity contribution < 1.29 is 18.7 Å². The zero-order valence-electron chi connectivity index (χ0n) is 17.4. The van der Waals surface area contributed by atoms with E-state index in [2.05, 4.69) is 6.92 Å². The summed E-state index contributed by atoms with van der Waals surface area (Å²) in [6.45, 7) is 2.95. The van der Waals surface area contributed by atoms with Crippen LogP contribution < -0.4 is 9.47 Å². The van der Waals surface area contributed by atoms with Crippen molar-refractivity contribution in [3.63, 3.8) is 0 Å². The number of nitrogens with zero attached hydrogens (tertiary/aromatic N) is 1. The van der Waals surface area contributed by atoms with E-state index in [-0.39, 0.29) is 11.3 Å². The highest BCUT2D eigenvalue weighted by atomic mass is 19.1. The quantitative estimate of drug-likeness (QED) is 0.380. The van der Waals surface area contributed by atoms with Crippen molar-refractivity contribution >= 4 is 5.97 Å². The topological polar surface area (TPSA) is 59.3 Å². The number of esters is 1. The van der Waals surface area contributed by atoms with Crippen LogP contribution in [0.4, 0.5) is 4.39 Å². The van der Waals surface area contributed by atoms with Crippen LogP contribution in [-0.4, -0.2) is 12.6 Å². The normalized spacial score (nSPS) is 18.4. The fourth-order valence-electron chi connectivity index (χ4n) is 3.90. The van der Waals surface area contributed by atoms with Crippen LogP contribution in [0.15, 0.2) is 42.5 Å². The molecule has 0 saturated heterocycles. The first-order chi connectivity index (χ1) is 14.6. The number of unbranched alkanes of at least 4 members (excludes halogenated alkanes) is 1. The summed E-state index contributed by atoms with van der Waals surface area (Å²) in [7, 11) is 0. The zero-order chi connectivity index (χ0) is 21.3. The highest BCUT2D eigenvalue weighted by molar-refractivity contribution is 5.91. The summed E-state index contributed by atoms with van der Waals surface area (Å²) in [4.78, 5) is 12.3. The molecule has 2 aromatic rings. The predicted molar refractivity (Wildman–Crippen MR) is 113 cm³/mol. The van der Waals surface area contributed by atoms with Gasteiger partial charge in [-0.25, -0.2) is 9.18 Å². The van der Waals surface area contributed by atoms with Crippen molar-refractivity contribution in [2.45, 2.75) is 51.9 Å². The highest BCUT2D eigenvalue weighted by Crippen LogP contribution is 2.32. The van der Waals surface area contributed by atoms with Gasteiger partial charge in [-0.1, -0.05) is 39.0 Å². The number of carbonyl (C=O) groups excluding carboxylic acids is 1. The minimum absolute atomic E-state index is 0.0614. The van der Waals surface area contributed by atoms with Crippen molar-refractivity contribution in [1.82, 2.24) is 0 Å². The van der Waals surface area contributed by atoms with Crippen molar-refractivity contribution in [2.24, 2.45) is 11.8 Å². The Bertz CT molecular complexity index is 880. The van der Waals surface area contributed by atoms with Crippen molar-refractivity contribution in [3.8, 4) is 17.6 Å². The minimum atomic E-state index is -0.717. The lowest BCUT2D eigenvalue weighted by Crippen LogP contribution is -2.20. The van der Waals surface area contributed by atoms with E-state index in [4.69, 9.17) is 14.7 Å². The minimum Gasteiger partial charge on any atom is -0.493 e. The molecular formula is C25H28FNO3. The standard InChI is InChI=1S/C25H28FNO3/c1-2-3-4-18-5-7-19(8-6-18)17-29-22-12-9-20(10-13-22)25(28)30-23-14-11-21(16-27)24(26)15-23/h9-15,18-19H,2-8,17H2,1H3. The molecule has 3 rings (SSSR count). The van der Waals surface area contributed by atoms with E-state index < -0.39 is 11.8 Å². The summed E-state index contributed by atoms with van der Waals surface area (Å²) in [5.74, 6) is 0.965. The second-order valence-corrected chi connectivity index (χ2v) is 8.01. The van der Waals surface area contributed by atoms with Gasteiger partial charge < -0.3 is 9.47 Å². The summed E-state index contributed by atoms with van der Waals surface area (Å²) in [6, 6.07) is 12.2. The molecule has 1 aliphatic carbocycles. The van der Waals surface area contributed by atoms with E-state index in [1.54, 1.807) is 30.3 Å². The van der Waals surface area contributed by atoms with Crippen molar-refractivity contribution in [3.05, 3.63) is 59.4 Å². The number of benzene rings is 2. The Morgan fingerprint density at radius 3 is 2.37 bits per heavy atom. The largest absolute Gasteiger partial charge is 0.493 e. The number of hydrogen-bond donors (Lipinski definition) is 0. The third-order valence-electron chi connectivity index (χ3n) is 5.78. The third-order valence-corrected chi connectivity index (χ3v) is 5.78. The molecule has 1 saturated carbocycles. The molecule has 4 nitrogen and oxygen atoms in total. The highest BCUT2D eigenvalue weighted by Gasteiger charge is 2.21. The maximum Gasteiger partial charge on any atom is 0.343 e. The molecule has 2 aromatic carbocycles. The van der Waals surface area contributed by atoms with Crippen LogP contribution in [-0.2, 0) is 0 Å². The van der Waals surface area contributed by atoms with E-state index in [9.17, 15) is 9.18 Å². The fraction of sp³-hybridized carbons (Fsp3) is 0.440. The van der Waals surface area contributed by atoms with Crippen LogP contribution in [0.1, 0.15) is 67.8 Å². The van der Waals surface area contributed by atoms with E-state index in [1.165, 1.54) is 57.1 Å². The molecule has 0 aliphatic heterocycles. The zero-order valence-corrected chi connectivity index (χ0v) is 17.4. The molecule has 0 unspecified atom stereocenters. The molecule has 0 atom stereocenters. The van der Waals surface area contributed by atoms with Gasteiger partial charge in [0.1, 0.15) is 23.4 Å². The van der Waals surface area contributed by atoms with Gasteiger partial charge in [0.25, 0.3) is 0 Å². The Morgan fingerprint density at radius 2 is 1.73 bits per heavy atom. The van der Waals surface area contributed by atoms with Gasteiger partial charge >= 0.3 is 5.97 Å². The number of nitriles is 1. The Hall–Kier alpha value is -2.87. The maximum absolute atomic E-state index is 13.6. The van der Waals surface area contributed by atoms with Gasteiger partial charge in [-0.2, -0.15) is 5.26 Å². The number of halogens is 1. The average Bonchev–Trinajstić information content (AvgIpc) is 2.77.